The number of amides is 2. The van der Waals surface area contributed by atoms with E-state index in [0.717, 1.165) is 5.06 Å². The number of ether oxygens (including phenoxy) is 2. The lowest BCUT2D eigenvalue weighted by atomic mass is 10.2. The number of alkyl carbamates (subject to hydrolysis) is 1. The maximum atomic E-state index is 11.2. The van der Waals surface area contributed by atoms with Gasteiger partial charge in [0.05, 0.1) is 13.7 Å². The van der Waals surface area contributed by atoms with Gasteiger partial charge in [0.2, 0.25) is 0 Å². The molecule has 0 radical (unpaired) electrons. The number of likely N-dealkylation sites (N-methyl/N-ethyl adjacent to an activating group) is 1. The zero-order chi connectivity index (χ0) is 14.2. The zero-order valence-corrected chi connectivity index (χ0v) is 11.6. The summed E-state index contributed by atoms with van der Waals surface area (Å²) in [5.74, 6) is -0.297. The molecule has 0 rings (SSSR count). The molecule has 0 fully saturated rings. The fraction of sp³-hybridized carbons (Fsp3) is 0.818. The van der Waals surface area contributed by atoms with Gasteiger partial charge in [-0.25, -0.2) is 9.86 Å². The summed E-state index contributed by atoms with van der Waals surface area (Å²) in [4.78, 5) is 27.1. The summed E-state index contributed by atoms with van der Waals surface area (Å²) in [6.45, 7) is 5.74. The van der Waals surface area contributed by atoms with Crippen LogP contribution in [-0.4, -0.2) is 56.6 Å². The van der Waals surface area contributed by atoms with Gasteiger partial charge in [0.15, 0.2) is 0 Å². The quantitative estimate of drug-likeness (QED) is 0.558. The maximum Gasteiger partial charge on any atom is 0.407 e. The molecule has 0 unspecified atom stereocenters. The van der Waals surface area contributed by atoms with Crippen LogP contribution in [0.2, 0.25) is 0 Å². The van der Waals surface area contributed by atoms with E-state index in [1.165, 1.54) is 14.2 Å². The Balaban J connectivity index is 3.57. The van der Waals surface area contributed by atoms with Crippen molar-refractivity contribution in [2.45, 2.75) is 26.4 Å². The molecule has 0 aromatic heterocycles. The molecule has 0 spiro atoms. The molecule has 0 aliphatic carbocycles. The van der Waals surface area contributed by atoms with Crippen LogP contribution in [0.1, 0.15) is 20.8 Å². The molecule has 18 heavy (non-hydrogen) atoms. The van der Waals surface area contributed by atoms with Gasteiger partial charge in [-0.3, -0.25) is 9.63 Å². The Morgan fingerprint density at radius 2 is 1.89 bits per heavy atom. The van der Waals surface area contributed by atoms with Crippen LogP contribution in [0.5, 0.6) is 0 Å². The fourth-order valence-corrected chi connectivity index (χ4v) is 0.892. The van der Waals surface area contributed by atoms with Gasteiger partial charge in [0.25, 0.3) is 5.91 Å². The molecule has 7 nitrogen and oxygen atoms in total. The summed E-state index contributed by atoms with van der Waals surface area (Å²) in [5.41, 5.74) is -0.526. The maximum absolute atomic E-state index is 11.2. The second kappa shape index (κ2) is 7.88. The van der Waals surface area contributed by atoms with Crippen molar-refractivity contribution in [3.8, 4) is 0 Å². The molecule has 2 amide bonds. The SMILES string of the molecule is CON(C)C(=O)COCCNC(=O)OC(C)(C)C. The second-order valence-corrected chi connectivity index (χ2v) is 4.56. The minimum atomic E-state index is -0.526. The van der Waals surface area contributed by atoms with Crippen molar-refractivity contribution in [3.63, 3.8) is 0 Å². The first-order valence-corrected chi connectivity index (χ1v) is 5.61. The molecule has 0 heterocycles. The number of hydroxylamine groups is 2. The minimum Gasteiger partial charge on any atom is -0.444 e. The smallest absolute Gasteiger partial charge is 0.407 e. The zero-order valence-electron chi connectivity index (χ0n) is 11.6. The summed E-state index contributed by atoms with van der Waals surface area (Å²) in [6, 6.07) is 0. The molecule has 0 saturated heterocycles. The highest BCUT2D eigenvalue weighted by atomic mass is 16.7. The van der Waals surface area contributed by atoms with Gasteiger partial charge in [-0.05, 0) is 20.8 Å². The predicted molar refractivity (Wildman–Crippen MR) is 64.8 cm³/mol. The Kier molecular flexibility index (Phi) is 7.30. The average Bonchev–Trinajstić information content (AvgIpc) is 2.24. The monoisotopic (exact) mass is 262 g/mol. The molecule has 7 heteroatoms. The van der Waals surface area contributed by atoms with Crippen LogP contribution >= 0.6 is 0 Å². The van der Waals surface area contributed by atoms with E-state index < -0.39 is 11.7 Å². The van der Waals surface area contributed by atoms with Crippen LogP contribution in [0.3, 0.4) is 0 Å². The molecular formula is C11H22N2O5. The number of rotatable bonds is 6. The molecule has 0 aromatic carbocycles. The van der Waals surface area contributed by atoms with E-state index in [0.29, 0.717) is 0 Å². The Morgan fingerprint density at radius 3 is 2.39 bits per heavy atom. The van der Waals surface area contributed by atoms with Crippen LogP contribution in [0, 0.1) is 0 Å². The van der Waals surface area contributed by atoms with Gasteiger partial charge in [-0.15, -0.1) is 0 Å². The summed E-state index contributed by atoms with van der Waals surface area (Å²) in [5, 5.41) is 3.58. The van der Waals surface area contributed by atoms with E-state index in [1.807, 2.05) is 0 Å². The van der Waals surface area contributed by atoms with E-state index >= 15 is 0 Å². The van der Waals surface area contributed by atoms with Crippen LogP contribution in [0.4, 0.5) is 4.79 Å². The number of hydrogen-bond acceptors (Lipinski definition) is 5. The molecule has 1 N–H and O–H groups in total. The van der Waals surface area contributed by atoms with Crippen molar-refractivity contribution in [3.05, 3.63) is 0 Å². The van der Waals surface area contributed by atoms with E-state index in [-0.39, 0.29) is 25.7 Å². The summed E-state index contributed by atoms with van der Waals surface area (Å²) in [7, 11) is 2.88. The highest BCUT2D eigenvalue weighted by Crippen LogP contribution is 2.05. The Bertz CT molecular complexity index is 275. The molecule has 0 aliphatic heterocycles. The molecule has 0 aromatic rings. The minimum absolute atomic E-state index is 0.0969. The number of hydrogen-bond donors (Lipinski definition) is 1. The van der Waals surface area contributed by atoms with Crippen LogP contribution in [-0.2, 0) is 19.1 Å². The van der Waals surface area contributed by atoms with Crippen molar-refractivity contribution in [1.82, 2.24) is 10.4 Å². The Morgan fingerprint density at radius 1 is 1.28 bits per heavy atom. The van der Waals surface area contributed by atoms with Gasteiger partial charge in [-0.2, -0.15) is 0 Å². The lowest BCUT2D eigenvalue weighted by molar-refractivity contribution is -0.173. The summed E-state index contributed by atoms with van der Waals surface area (Å²) in [6.07, 6.45) is -0.508. The molecule has 0 aliphatic rings. The topological polar surface area (TPSA) is 77.1 Å². The highest BCUT2D eigenvalue weighted by Gasteiger charge is 2.15. The van der Waals surface area contributed by atoms with Crippen LogP contribution in [0.25, 0.3) is 0 Å². The van der Waals surface area contributed by atoms with Crippen molar-refractivity contribution >= 4 is 12.0 Å². The normalized spacial score (nSPS) is 10.9. The Labute approximate surface area is 107 Å². The van der Waals surface area contributed by atoms with Crippen LogP contribution < -0.4 is 5.32 Å². The third kappa shape index (κ3) is 8.77. The molecule has 0 atom stereocenters. The second-order valence-electron chi connectivity index (χ2n) is 4.56. The van der Waals surface area contributed by atoms with Crippen LogP contribution in [0.15, 0.2) is 0 Å². The number of nitrogens with zero attached hydrogens (tertiary/aromatic N) is 1. The van der Waals surface area contributed by atoms with Gasteiger partial charge < -0.3 is 14.8 Å². The van der Waals surface area contributed by atoms with Crippen molar-refractivity contribution in [2.75, 3.05) is 33.9 Å². The number of nitrogens with one attached hydrogen (secondary N) is 1. The fourth-order valence-electron chi connectivity index (χ4n) is 0.892. The highest BCUT2D eigenvalue weighted by molar-refractivity contribution is 5.76. The summed E-state index contributed by atoms with van der Waals surface area (Å²) >= 11 is 0. The standard InChI is InChI=1S/C11H22N2O5/c1-11(2,3)18-10(15)12-6-7-17-8-9(14)13(4)16-5/h6-8H2,1-5H3,(H,12,15). The first kappa shape index (κ1) is 16.7. The summed E-state index contributed by atoms with van der Waals surface area (Å²) < 4.78 is 10.1. The largest absolute Gasteiger partial charge is 0.444 e. The lowest BCUT2D eigenvalue weighted by Crippen LogP contribution is -2.35. The van der Waals surface area contributed by atoms with Crippen molar-refractivity contribution in [1.29, 1.82) is 0 Å². The lowest BCUT2D eigenvalue weighted by Gasteiger charge is -2.19. The van der Waals surface area contributed by atoms with E-state index in [1.54, 1.807) is 20.8 Å². The number of carbonyl (C=O) groups is 2. The number of carbonyl (C=O) groups excluding carboxylic acids is 2. The first-order valence-electron chi connectivity index (χ1n) is 5.61. The molecular weight excluding hydrogens is 240 g/mol. The predicted octanol–water partition coefficient (Wildman–Crippen LogP) is 0.547. The van der Waals surface area contributed by atoms with E-state index in [4.69, 9.17) is 9.47 Å². The van der Waals surface area contributed by atoms with E-state index in [9.17, 15) is 9.59 Å². The first-order chi connectivity index (χ1) is 8.26. The van der Waals surface area contributed by atoms with Gasteiger partial charge in [0, 0.05) is 13.6 Å². The van der Waals surface area contributed by atoms with Gasteiger partial charge >= 0.3 is 6.09 Å². The molecule has 0 saturated carbocycles. The van der Waals surface area contributed by atoms with E-state index in [2.05, 4.69) is 10.2 Å². The van der Waals surface area contributed by atoms with Crippen molar-refractivity contribution < 1.29 is 23.9 Å². The van der Waals surface area contributed by atoms with Gasteiger partial charge in [0.1, 0.15) is 12.2 Å². The van der Waals surface area contributed by atoms with Gasteiger partial charge in [-0.1, -0.05) is 0 Å². The Hall–Kier alpha value is -1.34. The average molecular weight is 262 g/mol. The van der Waals surface area contributed by atoms with Crippen molar-refractivity contribution in [2.24, 2.45) is 0 Å². The third-order valence-corrected chi connectivity index (χ3v) is 1.77. The molecule has 0 bridgehead atoms. The molecule has 106 valence electrons. The third-order valence-electron chi connectivity index (χ3n) is 1.77.